The molecular formula is C16H17F3N2O3S. The van der Waals surface area contributed by atoms with Gasteiger partial charge in [-0.3, -0.25) is 0 Å². The van der Waals surface area contributed by atoms with E-state index in [1.165, 1.54) is 6.07 Å². The van der Waals surface area contributed by atoms with Crippen molar-refractivity contribution < 1.29 is 26.3 Å². The minimum Gasteiger partial charge on any atom is -0.496 e. The Balaban J connectivity index is 2.28. The number of sulfonamides is 1. The van der Waals surface area contributed by atoms with Crippen LogP contribution in [0.1, 0.15) is 16.7 Å². The summed E-state index contributed by atoms with van der Waals surface area (Å²) in [5.41, 5.74) is 0.559. The lowest BCUT2D eigenvalue weighted by molar-refractivity contribution is -0.139. The Morgan fingerprint density at radius 3 is 2.36 bits per heavy atom. The van der Waals surface area contributed by atoms with Crippen LogP contribution in [0.4, 0.5) is 18.9 Å². The van der Waals surface area contributed by atoms with E-state index in [0.717, 1.165) is 23.3 Å². The Kier molecular flexibility index (Phi) is 5.28. The summed E-state index contributed by atoms with van der Waals surface area (Å²) in [6.45, 7) is 2.11. The van der Waals surface area contributed by atoms with Crippen LogP contribution in [-0.4, -0.2) is 15.5 Å². The van der Waals surface area contributed by atoms with E-state index in [0.29, 0.717) is 5.75 Å². The van der Waals surface area contributed by atoms with E-state index in [1.807, 2.05) is 13.0 Å². The van der Waals surface area contributed by atoms with Crippen molar-refractivity contribution in [3.63, 3.8) is 0 Å². The third-order valence-corrected chi connectivity index (χ3v) is 4.52. The second-order valence-corrected chi connectivity index (χ2v) is 6.94. The Labute approximate surface area is 143 Å². The molecule has 0 aliphatic carbocycles. The Morgan fingerprint density at radius 1 is 1.16 bits per heavy atom. The molecule has 0 atom stereocenters. The summed E-state index contributed by atoms with van der Waals surface area (Å²) in [6, 6.07) is 8.20. The molecule has 0 fully saturated rings. The predicted octanol–water partition coefficient (Wildman–Crippen LogP) is 3.28. The van der Waals surface area contributed by atoms with Crippen molar-refractivity contribution in [1.29, 1.82) is 0 Å². The van der Waals surface area contributed by atoms with Gasteiger partial charge in [0.1, 0.15) is 5.75 Å². The second-order valence-electron chi connectivity index (χ2n) is 5.41. The monoisotopic (exact) mass is 374 g/mol. The van der Waals surface area contributed by atoms with Crippen molar-refractivity contribution in [2.45, 2.75) is 24.5 Å². The van der Waals surface area contributed by atoms with Gasteiger partial charge in [0.15, 0.2) is 0 Å². The number of nitrogens with two attached hydrogens (primary N) is 1. The zero-order chi connectivity index (χ0) is 18.8. The molecular weight excluding hydrogens is 357 g/mol. The fraction of sp³-hybridized carbons (Fsp3) is 0.250. The predicted molar refractivity (Wildman–Crippen MR) is 87.9 cm³/mol. The molecule has 0 aliphatic heterocycles. The number of methoxy groups -OCH3 is 1. The highest BCUT2D eigenvalue weighted by Crippen LogP contribution is 2.35. The largest absolute Gasteiger partial charge is 0.496 e. The second kappa shape index (κ2) is 6.93. The molecule has 0 bridgehead atoms. The standard InChI is InChI=1S/C16H17F3N2O3S/c1-10-7-11(3-5-14(10)24-2)9-21-12-4-6-15(25(20,22)23)13(8-12)16(17,18)19/h3-8,21H,9H2,1-2H3,(H2,20,22,23). The number of rotatable bonds is 5. The average Bonchev–Trinajstić information content (AvgIpc) is 2.51. The molecule has 0 aliphatic rings. The number of hydrogen-bond acceptors (Lipinski definition) is 4. The highest BCUT2D eigenvalue weighted by molar-refractivity contribution is 7.89. The molecule has 0 unspecified atom stereocenters. The number of benzene rings is 2. The molecule has 2 aromatic rings. The molecule has 9 heteroatoms. The summed E-state index contributed by atoms with van der Waals surface area (Å²) < 4.78 is 67.1. The maximum atomic E-state index is 13.1. The number of aryl methyl sites for hydroxylation is 1. The van der Waals surface area contributed by atoms with Gasteiger partial charge in [-0.05, 0) is 42.3 Å². The van der Waals surface area contributed by atoms with E-state index in [2.05, 4.69) is 5.32 Å². The van der Waals surface area contributed by atoms with Crippen LogP contribution in [-0.2, 0) is 22.7 Å². The van der Waals surface area contributed by atoms with Crippen LogP contribution in [0.5, 0.6) is 5.75 Å². The van der Waals surface area contributed by atoms with Gasteiger partial charge >= 0.3 is 6.18 Å². The maximum Gasteiger partial charge on any atom is 0.417 e. The van der Waals surface area contributed by atoms with Crippen LogP contribution < -0.4 is 15.2 Å². The molecule has 0 amide bonds. The zero-order valence-corrected chi connectivity index (χ0v) is 14.3. The van der Waals surface area contributed by atoms with Gasteiger partial charge in [-0.15, -0.1) is 0 Å². The zero-order valence-electron chi connectivity index (χ0n) is 13.5. The molecule has 3 N–H and O–H groups in total. The van der Waals surface area contributed by atoms with Gasteiger partial charge in [-0.1, -0.05) is 12.1 Å². The quantitative estimate of drug-likeness (QED) is 0.842. The molecule has 0 saturated carbocycles. The third-order valence-electron chi connectivity index (χ3n) is 3.55. The molecule has 0 heterocycles. The Hall–Kier alpha value is -2.26. The molecule has 0 radical (unpaired) electrons. The van der Waals surface area contributed by atoms with Gasteiger partial charge in [0, 0.05) is 12.2 Å². The normalized spacial score (nSPS) is 12.1. The number of ether oxygens (including phenoxy) is 1. The smallest absolute Gasteiger partial charge is 0.417 e. The van der Waals surface area contributed by atoms with Gasteiger partial charge in [-0.2, -0.15) is 13.2 Å². The van der Waals surface area contributed by atoms with Gasteiger partial charge in [0.2, 0.25) is 10.0 Å². The van der Waals surface area contributed by atoms with Gasteiger partial charge < -0.3 is 10.1 Å². The summed E-state index contributed by atoms with van der Waals surface area (Å²) in [7, 11) is -2.93. The van der Waals surface area contributed by atoms with Crippen LogP contribution >= 0.6 is 0 Å². The lowest BCUT2D eigenvalue weighted by Crippen LogP contribution is -2.19. The summed E-state index contributed by atoms with van der Waals surface area (Å²) in [5.74, 6) is 0.709. The summed E-state index contributed by atoms with van der Waals surface area (Å²) >= 11 is 0. The van der Waals surface area contributed by atoms with E-state index in [-0.39, 0.29) is 12.2 Å². The first-order chi connectivity index (χ1) is 11.5. The van der Waals surface area contributed by atoms with E-state index in [9.17, 15) is 21.6 Å². The Morgan fingerprint density at radius 2 is 1.84 bits per heavy atom. The number of alkyl halides is 3. The highest BCUT2D eigenvalue weighted by Gasteiger charge is 2.36. The topological polar surface area (TPSA) is 81.4 Å². The number of hydrogen-bond donors (Lipinski definition) is 2. The first-order valence-electron chi connectivity index (χ1n) is 7.14. The Bertz CT molecular complexity index is 881. The van der Waals surface area contributed by atoms with Gasteiger partial charge in [-0.25, -0.2) is 13.6 Å². The third kappa shape index (κ3) is 4.64. The van der Waals surface area contributed by atoms with Crippen molar-refractivity contribution in [3.8, 4) is 5.75 Å². The van der Waals surface area contributed by atoms with Crippen molar-refractivity contribution in [2.75, 3.05) is 12.4 Å². The molecule has 0 spiro atoms. The van der Waals surface area contributed by atoms with Crippen LogP contribution in [0, 0.1) is 6.92 Å². The summed E-state index contributed by atoms with van der Waals surface area (Å²) in [5, 5.41) is 7.69. The maximum absolute atomic E-state index is 13.1. The minimum atomic E-state index is -4.84. The molecule has 2 rings (SSSR count). The fourth-order valence-corrected chi connectivity index (χ4v) is 3.10. The molecule has 5 nitrogen and oxygen atoms in total. The van der Waals surface area contributed by atoms with Crippen LogP contribution in [0.15, 0.2) is 41.3 Å². The van der Waals surface area contributed by atoms with Crippen LogP contribution in [0.3, 0.4) is 0 Å². The molecule has 2 aromatic carbocycles. The van der Waals surface area contributed by atoms with Crippen molar-refractivity contribution in [3.05, 3.63) is 53.1 Å². The van der Waals surface area contributed by atoms with Gasteiger partial charge in [0.05, 0.1) is 17.6 Å². The highest BCUT2D eigenvalue weighted by atomic mass is 32.2. The van der Waals surface area contributed by atoms with Crippen molar-refractivity contribution in [2.24, 2.45) is 5.14 Å². The minimum absolute atomic E-state index is 0.133. The number of nitrogens with one attached hydrogen (secondary N) is 1. The van der Waals surface area contributed by atoms with E-state index in [1.54, 1.807) is 19.2 Å². The van der Waals surface area contributed by atoms with Crippen LogP contribution in [0.25, 0.3) is 0 Å². The summed E-state index contributed by atoms with van der Waals surface area (Å²) in [6.07, 6.45) is -4.84. The van der Waals surface area contributed by atoms with E-state index in [4.69, 9.17) is 9.88 Å². The average molecular weight is 374 g/mol. The van der Waals surface area contributed by atoms with Gasteiger partial charge in [0.25, 0.3) is 0 Å². The fourth-order valence-electron chi connectivity index (χ4n) is 2.36. The number of anilines is 1. The molecule has 25 heavy (non-hydrogen) atoms. The molecule has 0 aromatic heterocycles. The molecule has 136 valence electrons. The van der Waals surface area contributed by atoms with E-state index < -0.39 is 26.7 Å². The van der Waals surface area contributed by atoms with Crippen LogP contribution in [0.2, 0.25) is 0 Å². The number of halogens is 3. The molecule has 0 saturated heterocycles. The van der Waals surface area contributed by atoms with E-state index >= 15 is 0 Å². The lowest BCUT2D eigenvalue weighted by Gasteiger charge is -2.14. The van der Waals surface area contributed by atoms with Crippen molar-refractivity contribution >= 4 is 15.7 Å². The number of primary sulfonamides is 1. The SMILES string of the molecule is COc1ccc(CNc2ccc(S(N)(=O)=O)c(C(F)(F)F)c2)cc1C. The van der Waals surface area contributed by atoms with Crippen molar-refractivity contribution in [1.82, 2.24) is 0 Å². The lowest BCUT2D eigenvalue weighted by atomic mass is 10.1. The summed E-state index contributed by atoms with van der Waals surface area (Å²) in [4.78, 5) is -0.953. The first-order valence-corrected chi connectivity index (χ1v) is 8.68. The first kappa shape index (κ1) is 19.1.